The summed E-state index contributed by atoms with van der Waals surface area (Å²) < 4.78 is 0. The van der Waals surface area contributed by atoms with E-state index in [1.165, 1.54) is 0 Å². The second-order valence-electron chi connectivity index (χ2n) is 5.40. The number of carbonyl (C=O) groups is 1. The second-order valence-corrected chi connectivity index (χ2v) is 5.40. The van der Waals surface area contributed by atoms with Crippen molar-refractivity contribution in [3.8, 4) is 0 Å². The molecule has 0 atom stereocenters. The van der Waals surface area contributed by atoms with Gasteiger partial charge in [-0.25, -0.2) is 0 Å². The molecule has 1 aromatic heterocycles. The van der Waals surface area contributed by atoms with E-state index in [0.717, 1.165) is 11.5 Å². The Balaban J connectivity index is 2.70. The van der Waals surface area contributed by atoms with Crippen LogP contribution in [-0.4, -0.2) is 29.6 Å². The molecule has 0 saturated heterocycles. The summed E-state index contributed by atoms with van der Waals surface area (Å²) in [6, 6.07) is 3.94. The largest absolute Gasteiger partial charge is 0.358 e. The molecule has 94 valence electrons. The third-order valence-corrected chi connectivity index (χ3v) is 2.61. The molecule has 0 unspecified atom stereocenters. The number of nitrogens with zero attached hydrogens (tertiary/aromatic N) is 3. The minimum Gasteiger partial charge on any atom is -0.358 e. The molecule has 0 radical (unpaired) electrons. The molecule has 0 aliphatic carbocycles. The van der Waals surface area contributed by atoms with Gasteiger partial charge in [0.05, 0.1) is 5.69 Å². The molecule has 0 saturated carbocycles. The molecule has 0 aliphatic heterocycles. The van der Waals surface area contributed by atoms with Crippen LogP contribution < -0.4 is 4.90 Å². The number of rotatable bonds is 4. The third kappa shape index (κ3) is 4.13. The minimum atomic E-state index is 0.0173. The van der Waals surface area contributed by atoms with Gasteiger partial charge in [0, 0.05) is 25.4 Å². The van der Waals surface area contributed by atoms with Gasteiger partial charge in [0.15, 0.2) is 5.82 Å². The fourth-order valence-corrected chi connectivity index (χ4v) is 1.37. The SMILES string of the molecule is CC(=O)CCN(C)c1ccc(C(C)(C)C)nn1. The fraction of sp³-hybridized carbons (Fsp3) is 0.615. The van der Waals surface area contributed by atoms with Gasteiger partial charge in [-0.2, -0.15) is 5.10 Å². The molecule has 0 fully saturated rings. The summed E-state index contributed by atoms with van der Waals surface area (Å²) in [6.45, 7) is 8.60. The summed E-state index contributed by atoms with van der Waals surface area (Å²) >= 11 is 0. The van der Waals surface area contributed by atoms with Crippen LogP contribution in [0.4, 0.5) is 5.82 Å². The molecule has 0 N–H and O–H groups in total. The van der Waals surface area contributed by atoms with Crippen LogP contribution in [0, 0.1) is 0 Å². The minimum absolute atomic E-state index is 0.0173. The monoisotopic (exact) mass is 235 g/mol. The van der Waals surface area contributed by atoms with Crippen molar-refractivity contribution in [3.05, 3.63) is 17.8 Å². The molecule has 4 nitrogen and oxygen atoms in total. The first-order chi connectivity index (χ1) is 7.80. The summed E-state index contributed by atoms with van der Waals surface area (Å²) in [6.07, 6.45) is 0.541. The lowest BCUT2D eigenvalue weighted by molar-refractivity contribution is -0.116. The van der Waals surface area contributed by atoms with Crippen molar-refractivity contribution in [3.63, 3.8) is 0 Å². The van der Waals surface area contributed by atoms with Gasteiger partial charge in [0.1, 0.15) is 5.78 Å². The van der Waals surface area contributed by atoms with E-state index in [2.05, 4.69) is 31.0 Å². The Hall–Kier alpha value is -1.45. The molecule has 0 aliphatic rings. The summed E-state index contributed by atoms with van der Waals surface area (Å²) in [7, 11) is 1.92. The molecule has 1 aromatic rings. The van der Waals surface area contributed by atoms with Crippen molar-refractivity contribution < 1.29 is 4.79 Å². The van der Waals surface area contributed by atoms with Crippen molar-refractivity contribution in [1.82, 2.24) is 10.2 Å². The lowest BCUT2D eigenvalue weighted by atomic mass is 9.92. The van der Waals surface area contributed by atoms with E-state index in [9.17, 15) is 4.79 Å². The Labute approximate surface area is 103 Å². The van der Waals surface area contributed by atoms with E-state index in [1.807, 2.05) is 24.1 Å². The number of ketones is 1. The zero-order valence-corrected chi connectivity index (χ0v) is 11.3. The highest BCUT2D eigenvalue weighted by atomic mass is 16.1. The maximum absolute atomic E-state index is 10.9. The lowest BCUT2D eigenvalue weighted by Gasteiger charge is -2.20. The zero-order chi connectivity index (χ0) is 13.1. The summed E-state index contributed by atoms with van der Waals surface area (Å²) in [5, 5.41) is 8.41. The highest BCUT2D eigenvalue weighted by Gasteiger charge is 2.16. The molecule has 0 bridgehead atoms. The van der Waals surface area contributed by atoms with Gasteiger partial charge in [-0.3, -0.25) is 4.79 Å². The van der Waals surface area contributed by atoms with Crippen LogP contribution in [-0.2, 0) is 10.2 Å². The van der Waals surface area contributed by atoms with Crippen molar-refractivity contribution in [1.29, 1.82) is 0 Å². The Morgan fingerprint density at radius 3 is 2.35 bits per heavy atom. The predicted molar refractivity (Wildman–Crippen MR) is 69.3 cm³/mol. The topological polar surface area (TPSA) is 46.1 Å². The Morgan fingerprint density at radius 2 is 1.94 bits per heavy atom. The van der Waals surface area contributed by atoms with Crippen molar-refractivity contribution in [2.45, 2.75) is 39.5 Å². The molecule has 0 spiro atoms. The van der Waals surface area contributed by atoms with Gasteiger partial charge in [-0.1, -0.05) is 20.8 Å². The number of hydrogen-bond donors (Lipinski definition) is 0. The van der Waals surface area contributed by atoms with E-state index in [4.69, 9.17) is 0 Å². The molecule has 17 heavy (non-hydrogen) atoms. The normalized spacial score (nSPS) is 11.4. The molecule has 4 heteroatoms. The van der Waals surface area contributed by atoms with Gasteiger partial charge in [0.2, 0.25) is 0 Å². The van der Waals surface area contributed by atoms with E-state index < -0.39 is 0 Å². The highest BCUT2D eigenvalue weighted by molar-refractivity contribution is 5.76. The Kier molecular flexibility index (Phi) is 4.21. The molecular weight excluding hydrogens is 214 g/mol. The average Bonchev–Trinajstić information content (AvgIpc) is 2.25. The average molecular weight is 235 g/mol. The van der Waals surface area contributed by atoms with Crippen molar-refractivity contribution in [2.75, 3.05) is 18.5 Å². The first-order valence-corrected chi connectivity index (χ1v) is 5.85. The summed E-state index contributed by atoms with van der Waals surface area (Å²) in [5.41, 5.74) is 0.991. The number of aromatic nitrogens is 2. The summed E-state index contributed by atoms with van der Waals surface area (Å²) in [5.74, 6) is 0.996. The van der Waals surface area contributed by atoms with E-state index in [0.29, 0.717) is 13.0 Å². The first-order valence-electron chi connectivity index (χ1n) is 5.85. The molecule has 1 rings (SSSR count). The highest BCUT2D eigenvalue weighted by Crippen LogP contribution is 2.20. The number of hydrogen-bond acceptors (Lipinski definition) is 4. The van der Waals surface area contributed by atoms with Crippen molar-refractivity contribution >= 4 is 11.6 Å². The molecule has 0 amide bonds. The predicted octanol–water partition coefficient (Wildman–Crippen LogP) is 2.19. The zero-order valence-electron chi connectivity index (χ0n) is 11.3. The van der Waals surface area contributed by atoms with Crippen LogP contribution in [0.3, 0.4) is 0 Å². The summed E-state index contributed by atoms with van der Waals surface area (Å²) in [4.78, 5) is 12.8. The number of Topliss-reactive ketones (excluding diaryl/α,β-unsaturated/α-hetero) is 1. The van der Waals surface area contributed by atoms with Crippen LogP contribution in [0.1, 0.15) is 39.8 Å². The van der Waals surface area contributed by atoms with Gasteiger partial charge < -0.3 is 4.90 Å². The Bertz CT molecular complexity index is 379. The van der Waals surface area contributed by atoms with Crippen LogP contribution in [0.2, 0.25) is 0 Å². The van der Waals surface area contributed by atoms with Crippen LogP contribution in [0.25, 0.3) is 0 Å². The fourth-order valence-electron chi connectivity index (χ4n) is 1.37. The van der Waals surface area contributed by atoms with Gasteiger partial charge in [-0.05, 0) is 19.1 Å². The van der Waals surface area contributed by atoms with Crippen LogP contribution in [0.15, 0.2) is 12.1 Å². The smallest absolute Gasteiger partial charge is 0.150 e. The first kappa shape index (κ1) is 13.6. The number of carbonyl (C=O) groups excluding carboxylic acids is 1. The Morgan fingerprint density at radius 1 is 1.29 bits per heavy atom. The number of anilines is 1. The van der Waals surface area contributed by atoms with Crippen LogP contribution >= 0.6 is 0 Å². The quantitative estimate of drug-likeness (QED) is 0.802. The van der Waals surface area contributed by atoms with E-state index in [1.54, 1.807) is 6.92 Å². The second kappa shape index (κ2) is 5.25. The van der Waals surface area contributed by atoms with Crippen molar-refractivity contribution in [2.24, 2.45) is 0 Å². The maximum Gasteiger partial charge on any atom is 0.150 e. The molecular formula is C13H21N3O. The molecule has 1 heterocycles. The standard InChI is InChI=1S/C13H21N3O/c1-10(17)8-9-16(5)12-7-6-11(14-15-12)13(2,3)4/h6-7H,8-9H2,1-5H3. The van der Waals surface area contributed by atoms with Crippen LogP contribution in [0.5, 0.6) is 0 Å². The maximum atomic E-state index is 10.9. The lowest BCUT2D eigenvalue weighted by Crippen LogP contribution is -2.23. The third-order valence-electron chi connectivity index (χ3n) is 2.61. The van der Waals surface area contributed by atoms with Gasteiger partial charge in [-0.15, -0.1) is 5.10 Å². The van der Waals surface area contributed by atoms with Gasteiger partial charge >= 0.3 is 0 Å². The van der Waals surface area contributed by atoms with Gasteiger partial charge in [0.25, 0.3) is 0 Å². The van der Waals surface area contributed by atoms with E-state index >= 15 is 0 Å². The van der Waals surface area contributed by atoms with E-state index in [-0.39, 0.29) is 11.2 Å². The molecule has 0 aromatic carbocycles.